The summed E-state index contributed by atoms with van der Waals surface area (Å²) in [5.41, 5.74) is 5.86. The molecule has 1 N–H and O–H groups in total. The van der Waals surface area contributed by atoms with Gasteiger partial charge in [-0.15, -0.1) is 23.5 Å². The molecule has 0 bridgehead atoms. The number of nitro benzene ring substituents is 1. The third-order valence-corrected chi connectivity index (χ3v) is 6.96. The number of non-ortho nitro benzene ring substituents is 1. The van der Waals surface area contributed by atoms with Gasteiger partial charge in [0.25, 0.3) is 5.69 Å². The third kappa shape index (κ3) is 3.33. The quantitative estimate of drug-likeness (QED) is 0.605. The van der Waals surface area contributed by atoms with Gasteiger partial charge in [-0.3, -0.25) is 10.1 Å². The number of benzene rings is 2. The van der Waals surface area contributed by atoms with E-state index in [1.165, 1.54) is 40.5 Å². The van der Waals surface area contributed by atoms with Gasteiger partial charge in [-0.2, -0.15) is 0 Å². The van der Waals surface area contributed by atoms with Crippen molar-refractivity contribution >= 4 is 29.2 Å². The first-order valence-electron chi connectivity index (χ1n) is 7.25. The molecule has 3 rings (SSSR count). The van der Waals surface area contributed by atoms with E-state index in [1.807, 2.05) is 0 Å². The highest BCUT2D eigenvalue weighted by atomic mass is 32.2. The number of phenolic OH excluding ortho intramolecular Hbond substituents is 1. The number of phenols is 1. The van der Waals surface area contributed by atoms with Crippen LogP contribution in [0.4, 0.5) is 5.69 Å². The van der Waals surface area contributed by atoms with Gasteiger partial charge in [0.05, 0.1) is 9.51 Å². The summed E-state index contributed by atoms with van der Waals surface area (Å²) in [6.45, 7) is 4.23. The van der Waals surface area contributed by atoms with Gasteiger partial charge in [0.2, 0.25) is 0 Å². The molecule has 1 heterocycles. The van der Waals surface area contributed by atoms with Crippen LogP contribution in [0, 0.1) is 24.0 Å². The van der Waals surface area contributed by atoms with Crippen LogP contribution in [0.25, 0.3) is 0 Å². The van der Waals surface area contributed by atoms with Crippen molar-refractivity contribution in [1.82, 2.24) is 0 Å². The van der Waals surface area contributed by atoms with E-state index in [1.54, 1.807) is 23.5 Å². The molecule has 0 saturated carbocycles. The second kappa shape index (κ2) is 6.45. The van der Waals surface area contributed by atoms with Gasteiger partial charge in [0.15, 0.2) is 0 Å². The van der Waals surface area contributed by atoms with Crippen molar-refractivity contribution in [1.29, 1.82) is 0 Å². The Labute approximate surface area is 143 Å². The Hall–Kier alpha value is -1.66. The summed E-state index contributed by atoms with van der Waals surface area (Å²) in [7, 11) is 0. The van der Waals surface area contributed by atoms with Crippen LogP contribution >= 0.6 is 23.5 Å². The number of nitrogens with zero attached hydrogens (tertiary/aromatic N) is 1. The van der Waals surface area contributed by atoms with Crippen molar-refractivity contribution in [2.24, 2.45) is 0 Å². The van der Waals surface area contributed by atoms with Crippen LogP contribution in [0.1, 0.15) is 32.4 Å². The van der Waals surface area contributed by atoms with Crippen LogP contribution in [0.3, 0.4) is 0 Å². The van der Waals surface area contributed by atoms with Crippen molar-refractivity contribution in [2.75, 3.05) is 0 Å². The third-order valence-electron chi connectivity index (χ3n) is 4.07. The molecule has 1 aliphatic rings. The molecule has 0 aromatic heterocycles. The lowest BCUT2D eigenvalue weighted by Crippen LogP contribution is -1.94. The van der Waals surface area contributed by atoms with Gasteiger partial charge in [0.1, 0.15) is 5.75 Å². The van der Waals surface area contributed by atoms with Crippen molar-refractivity contribution in [3.63, 3.8) is 0 Å². The summed E-state index contributed by atoms with van der Waals surface area (Å²) in [5, 5.41) is 21.1. The summed E-state index contributed by atoms with van der Waals surface area (Å²) >= 11 is 3.42. The van der Waals surface area contributed by atoms with Crippen molar-refractivity contribution in [3.8, 4) is 5.75 Å². The van der Waals surface area contributed by atoms with Gasteiger partial charge < -0.3 is 5.11 Å². The summed E-state index contributed by atoms with van der Waals surface area (Å²) in [4.78, 5) is 10.6. The highest BCUT2D eigenvalue weighted by Gasteiger charge is 2.23. The van der Waals surface area contributed by atoms with Crippen molar-refractivity contribution in [2.45, 2.75) is 29.9 Å². The largest absolute Gasteiger partial charge is 0.508 e. The fourth-order valence-corrected chi connectivity index (χ4v) is 5.34. The van der Waals surface area contributed by atoms with Crippen LogP contribution in [0.5, 0.6) is 5.75 Å². The molecule has 0 atom stereocenters. The molecule has 0 aliphatic carbocycles. The Kier molecular flexibility index (Phi) is 4.55. The average molecular weight is 347 g/mol. The molecule has 23 heavy (non-hydrogen) atoms. The minimum absolute atomic E-state index is 0.0112. The summed E-state index contributed by atoms with van der Waals surface area (Å²) in [6.07, 6.45) is 0. The molecular formula is C17H17NO3S2. The summed E-state index contributed by atoms with van der Waals surface area (Å²) in [5.74, 6) is 1.81. The number of hydrogen-bond acceptors (Lipinski definition) is 5. The molecule has 0 spiro atoms. The van der Waals surface area contributed by atoms with E-state index in [-0.39, 0.29) is 16.0 Å². The Morgan fingerprint density at radius 2 is 1.65 bits per heavy atom. The summed E-state index contributed by atoms with van der Waals surface area (Å²) in [6, 6.07) is 8.71. The molecule has 0 fully saturated rings. The Balaban J connectivity index is 1.90. The monoisotopic (exact) mass is 347 g/mol. The van der Waals surface area contributed by atoms with E-state index in [2.05, 4.69) is 26.0 Å². The fraction of sp³-hybridized carbons (Fsp3) is 0.294. The topological polar surface area (TPSA) is 63.4 Å². The SMILES string of the molecule is Cc1cc2c(cc1C)CSC(c1cc([N+](=O)[O-])ccc1O)SC2. The van der Waals surface area contributed by atoms with E-state index in [9.17, 15) is 15.2 Å². The molecule has 0 unspecified atom stereocenters. The number of aryl methyl sites for hydroxylation is 2. The highest BCUT2D eigenvalue weighted by Crippen LogP contribution is 2.49. The molecule has 1 aliphatic heterocycles. The maximum absolute atomic E-state index is 11.0. The van der Waals surface area contributed by atoms with Gasteiger partial charge in [-0.05, 0) is 42.2 Å². The van der Waals surface area contributed by atoms with E-state index in [4.69, 9.17) is 0 Å². The number of nitro groups is 1. The first-order chi connectivity index (χ1) is 11.0. The Bertz CT molecular complexity index is 744. The molecular weight excluding hydrogens is 330 g/mol. The van der Waals surface area contributed by atoms with E-state index in [0.29, 0.717) is 5.56 Å². The smallest absolute Gasteiger partial charge is 0.270 e. The van der Waals surface area contributed by atoms with Crippen LogP contribution in [-0.4, -0.2) is 10.0 Å². The molecule has 0 saturated heterocycles. The molecule has 4 nitrogen and oxygen atoms in total. The first-order valence-corrected chi connectivity index (χ1v) is 9.35. The standard InChI is InChI=1S/C17H17NO3S2/c1-10-5-12-8-22-17(23-9-13(12)6-11(10)2)15-7-14(18(20)21)3-4-16(15)19/h3-7,17,19H,8-9H2,1-2H3. The normalized spacial score (nSPS) is 15.0. The Morgan fingerprint density at radius 1 is 1.09 bits per heavy atom. The molecule has 0 amide bonds. The number of hydrogen-bond donors (Lipinski definition) is 1. The lowest BCUT2D eigenvalue weighted by molar-refractivity contribution is -0.384. The minimum atomic E-state index is -0.420. The van der Waals surface area contributed by atoms with Crippen molar-refractivity contribution in [3.05, 3.63) is 68.3 Å². The molecule has 120 valence electrons. The van der Waals surface area contributed by atoms with Crippen LogP contribution in [0.15, 0.2) is 30.3 Å². The number of thioether (sulfide) groups is 2. The second-order valence-corrected chi connectivity index (χ2v) is 8.14. The van der Waals surface area contributed by atoms with Crippen LogP contribution in [-0.2, 0) is 11.5 Å². The van der Waals surface area contributed by atoms with Crippen LogP contribution < -0.4 is 0 Å². The molecule has 6 heteroatoms. The maximum Gasteiger partial charge on any atom is 0.270 e. The van der Waals surface area contributed by atoms with Gasteiger partial charge >= 0.3 is 0 Å². The number of fused-ring (bicyclic) bond motifs is 1. The highest BCUT2D eigenvalue weighted by molar-refractivity contribution is 8.15. The zero-order valence-corrected chi connectivity index (χ0v) is 14.5. The second-order valence-electron chi connectivity index (χ2n) is 5.66. The number of rotatable bonds is 2. The van der Waals surface area contributed by atoms with E-state index >= 15 is 0 Å². The maximum atomic E-state index is 11.0. The molecule has 2 aromatic rings. The lowest BCUT2D eigenvalue weighted by Gasteiger charge is -2.14. The summed E-state index contributed by atoms with van der Waals surface area (Å²) < 4.78 is -0.0112. The van der Waals surface area contributed by atoms with Gasteiger partial charge in [0, 0.05) is 29.2 Å². The minimum Gasteiger partial charge on any atom is -0.508 e. The van der Waals surface area contributed by atoms with E-state index < -0.39 is 4.92 Å². The average Bonchev–Trinajstić information content (AvgIpc) is 2.71. The van der Waals surface area contributed by atoms with Crippen LogP contribution in [0.2, 0.25) is 0 Å². The predicted molar refractivity (Wildman–Crippen MR) is 96.0 cm³/mol. The Morgan fingerprint density at radius 3 is 2.17 bits per heavy atom. The van der Waals surface area contributed by atoms with Crippen molar-refractivity contribution < 1.29 is 10.0 Å². The first kappa shape index (κ1) is 16.2. The molecule has 0 radical (unpaired) electrons. The van der Waals surface area contributed by atoms with E-state index in [0.717, 1.165) is 11.5 Å². The fourth-order valence-electron chi connectivity index (χ4n) is 2.61. The number of aromatic hydroxyl groups is 1. The zero-order valence-electron chi connectivity index (χ0n) is 12.9. The molecule has 2 aromatic carbocycles. The van der Waals surface area contributed by atoms with Gasteiger partial charge in [-0.1, -0.05) is 12.1 Å². The van der Waals surface area contributed by atoms with Gasteiger partial charge in [-0.25, -0.2) is 0 Å². The predicted octanol–water partition coefficient (Wildman–Crippen LogP) is 5.10. The zero-order chi connectivity index (χ0) is 16.6. The lowest BCUT2D eigenvalue weighted by atomic mass is 10.0.